The van der Waals surface area contributed by atoms with Gasteiger partial charge in [-0.2, -0.15) is 0 Å². The average Bonchev–Trinajstić information content (AvgIpc) is 2.92. The van der Waals surface area contributed by atoms with Crippen molar-refractivity contribution < 1.29 is 9.47 Å². The molecule has 0 bridgehead atoms. The number of anilines is 1. The van der Waals surface area contributed by atoms with E-state index in [1.807, 2.05) is 18.2 Å². The van der Waals surface area contributed by atoms with Crippen molar-refractivity contribution in [1.82, 2.24) is 10.2 Å². The molecule has 1 heterocycles. The minimum atomic E-state index is 0.615. The highest BCUT2D eigenvalue weighted by Gasteiger charge is 2.11. The van der Waals surface area contributed by atoms with Crippen LogP contribution < -0.4 is 20.1 Å². The van der Waals surface area contributed by atoms with Crippen LogP contribution in [0.4, 0.5) is 5.69 Å². The van der Waals surface area contributed by atoms with Crippen molar-refractivity contribution in [3.8, 4) is 11.5 Å². The number of aliphatic imine (C=N–C) groups is 1. The lowest BCUT2D eigenvalue weighted by Gasteiger charge is -2.15. The van der Waals surface area contributed by atoms with Gasteiger partial charge in [-0.15, -0.1) is 0 Å². The van der Waals surface area contributed by atoms with E-state index in [0.29, 0.717) is 19.8 Å². The second-order valence-corrected chi connectivity index (χ2v) is 7.04. The van der Waals surface area contributed by atoms with Gasteiger partial charge in [-0.3, -0.25) is 0 Å². The largest absolute Gasteiger partial charge is 0.490 e. The van der Waals surface area contributed by atoms with Crippen molar-refractivity contribution >= 4 is 11.6 Å². The Morgan fingerprint density at radius 2 is 1.79 bits per heavy atom. The Balaban J connectivity index is 1.74. The number of guanidine groups is 1. The van der Waals surface area contributed by atoms with Crippen LogP contribution in [0.5, 0.6) is 11.5 Å². The van der Waals surface area contributed by atoms with E-state index in [1.165, 1.54) is 11.1 Å². The molecule has 2 N–H and O–H groups in total. The Hall–Kier alpha value is -2.73. The van der Waals surface area contributed by atoms with E-state index in [4.69, 9.17) is 14.5 Å². The summed E-state index contributed by atoms with van der Waals surface area (Å²) < 4.78 is 11.5. The molecule has 1 aliphatic heterocycles. The molecule has 0 aliphatic carbocycles. The average molecular weight is 383 g/mol. The summed E-state index contributed by atoms with van der Waals surface area (Å²) in [5.74, 6) is 2.31. The fourth-order valence-corrected chi connectivity index (χ4v) is 3.06. The first-order valence-corrected chi connectivity index (χ1v) is 9.82. The smallest absolute Gasteiger partial charge is 0.196 e. The lowest BCUT2D eigenvalue weighted by atomic mass is 10.1. The van der Waals surface area contributed by atoms with Gasteiger partial charge in [-0.05, 0) is 44.3 Å². The van der Waals surface area contributed by atoms with Crippen molar-refractivity contribution in [2.45, 2.75) is 26.4 Å². The highest BCUT2D eigenvalue weighted by atomic mass is 16.5. The number of fused-ring (bicyclic) bond motifs is 1. The molecule has 28 heavy (non-hydrogen) atoms. The third-order valence-electron chi connectivity index (χ3n) is 4.37. The number of hydrogen-bond acceptors (Lipinski definition) is 4. The molecule has 0 aromatic heterocycles. The molecule has 6 heteroatoms. The van der Waals surface area contributed by atoms with Gasteiger partial charge in [-0.1, -0.05) is 24.3 Å². The third-order valence-corrected chi connectivity index (χ3v) is 4.37. The molecule has 2 aromatic rings. The number of nitrogens with zero attached hydrogens (tertiary/aromatic N) is 2. The van der Waals surface area contributed by atoms with E-state index in [0.717, 1.165) is 42.7 Å². The predicted octanol–water partition coefficient (Wildman–Crippen LogP) is 3.49. The molecule has 2 aromatic carbocycles. The zero-order chi connectivity index (χ0) is 19.8. The lowest BCUT2D eigenvalue weighted by molar-refractivity contribution is 0.297. The number of benzene rings is 2. The van der Waals surface area contributed by atoms with Crippen LogP contribution in [-0.2, 0) is 13.1 Å². The maximum absolute atomic E-state index is 5.78. The molecule has 0 saturated heterocycles. The lowest BCUT2D eigenvalue weighted by Crippen LogP contribution is -2.30. The fourth-order valence-electron chi connectivity index (χ4n) is 3.06. The van der Waals surface area contributed by atoms with Crippen LogP contribution in [0.1, 0.15) is 24.5 Å². The van der Waals surface area contributed by atoms with E-state index in [1.54, 1.807) is 0 Å². The van der Waals surface area contributed by atoms with Crippen molar-refractivity contribution in [3.05, 3.63) is 53.6 Å². The molecule has 3 rings (SSSR count). The molecular formula is C22H30N4O2. The second kappa shape index (κ2) is 9.99. The zero-order valence-corrected chi connectivity index (χ0v) is 17.0. The molecule has 150 valence electrons. The normalized spacial score (nSPS) is 13.9. The second-order valence-electron chi connectivity index (χ2n) is 7.04. The highest BCUT2D eigenvalue weighted by molar-refractivity contribution is 5.93. The standard InChI is InChI=1S/C22H30N4O2/c1-4-23-22(24-15-17-8-5-6-9-18(17)16-26(2)3)25-19-10-11-20-21(14-19)28-13-7-12-27-20/h5-6,8-11,14H,4,7,12-13,15-16H2,1-3H3,(H2,23,24,25). The predicted molar refractivity (Wildman–Crippen MR) is 114 cm³/mol. The summed E-state index contributed by atoms with van der Waals surface area (Å²) in [7, 11) is 4.16. The van der Waals surface area contributed by atoms with Gasteiger partial charge in [0.05, 0.1) is 19.8 Å². The van der Waals surface area contributed by atoms with Gasteiger partial charge in [0.2, 0.25) is 0 Å². The zero-order valence-electron chi connectivity index (χ0n) is 17.0. The van der Waals surface area contributed by atoms with Gasteiger partial charge >= 0.3 is 0 Å². The first kappa shape index (κ1) is 20.0. The molecule has 0 radical (unpaired) electrons. The van der Waals surface area contributed by atoms with Gasteiger partial charge < -0.3 is 25.0 Å². The Morgan fingerprint density at radius 3 is 2.54 bits per heavy atom. The van der Waals surface area contributed by atoms with Crippen molar-refractivity contribution in [3.63, 3.8) is 0 Å². The molecule has 0 saturated carbocycles. The van der Waals surface area contributed by atoms with Crippen molar-refractivity contribution in [2.75, 3.05) is 39.2 Å². The van der Waals surface area contributed by atoms with E-state index >= 15 is 0 Å². The summed E-state index contributed by atoms with van der Waals surface area (Å²) in [6, 6.07) is 14.3. The molecule has 1 aliphatic rings. The SMILES string of the molecule is CCNC(=NCc1ccccc1CN(C)C)Nc1ccc2c(c1)OCCCO2. The third kappa shape index (κ3) is 5.63. The number of nitrogens with one attached hydrogen (secondary N) is 2. The number of hydrogen-bond donors (Lipinski definition) is 2. The molecule has 0 spiro atoms. The van der Waals surface area contributed by atoms with Crippen LogP contribution in [0.15, 0.2) is 47.5 Å². The van der Waals surface area contributed by atoms with E-state index in [-0.39, 0.29) is 0 Å². The maximum atomic E-state index is 5.78. The summed E-state index contributed by atoms with van der Waals surface area (Å²) in [4.78, 5) is 6.95. The van der Waals surface area contributed by atoms with Crippen molar-refractivity contribution in [1.29, 1.82) is 0 Å². The van der Waals surface area contributed by atoms with Gasteiger partial charge in [-0.25, -0.2) is 4.99 Å². The Kier molecular flexibility index (Phi) is 7.14. The molecule has 0 atom stereocenters. The van der Waals surface area contributed by atoms with E-state index in [9.17, 15) is 0 Å². The fraction of sp³-hybridized carbons (Fsp3) is 0.409. The summed E-state index contributed by atoms with van der Waals surface area (Å²) in [5, 5.41) is 6.68. The summed E-state index contributed by atoms with van der Waals surface area (Å²) in [5.41, 5.74) is 3.44. The quantitative estimate of drug-likeness (QED) is 0.592. The van der Waals surface area contributed by atoms with Gasteiger partial charge in [0.1, 0.15) is 0 Å². The van der Waals surface area contributed by atoms with E-state index < -0.39 is 0 Å². The molecule has 0 amide bonds. The first-order chi connectivity index (χ1) is 13.7. The molecule has 0 fully saturated rings. The Bertz CT molecular complexity index is 805. The van der Waals surface area contributed by atoms with E-state index in [2.05, 4.69) is 60.8 Å². The summed E-state index contributed by atoms with van der Waals surface area (Å²) in [6.45, 7) is 5.73. The van der Waals surface area contributed by atoms with Crippen LogP contribution in [0.25, 0.3) is 0 Å². The molecule has 0 unspecified atom stereocenters. The minimum absolute atomic E-state index is 0.615. The Labute approximate surface area is 167 Å². The van der Waals surface area contributed by atoms with Crippen LogP contribution in [-0.4, -0.2) is 44.7 Å². The molecule has 6 nitrogen and oxygen atoms in total. The Morgan fingerprint density at radius 1 is 1.04 bits per heavy atom. The number of ether oxygens (including phenoxy) is 2. The topological polar surface area (TPSA) is 58.1 Å². The first-order valence-electron chi connectivity index (χ1n) is 9.82. The van der Waals surface area contributed by atoms with Gasteiger partial charge in [0, 0.05) is 31.3 Å². The van der Waals surface area contributed by atoms with Crippen LogP contribution in [0.2, 0.25) is 0 Å². The monoisotopic (exact) mass is 382 g/mol. The van der Waals surface area contributed by atoms with Gasteiger partial charge in [0.15, 0.2) is 17.5 Å². The number of rotatable bonds is 6. The summed E-state index contributed by atoms with van der Waals surface area (Å²) in [6.07, 6.45) is 0.897. The van der Waals surface area contributed by atoms with Crippen molar-refractivity contribution in [2.24, 2.45) is 4.99 Å². The minimum Gasteiger partial charge on any atom is -0.490 e. The highest BCUT2D eigenvalue weighted by Crippen LogP contribution is 2.32. The van der Waals surface area contributed by atoms with Crippen LogP contribution in [0, 0.1) is 0 Å². The molecular weight excluding hydrogens is 352 g/mol. The maximum Gasteiger partial charge on any atom is 0.196 e. The summed E-state index contributed by atoms with van der Waals surface area (Å²) >= 11 is 0. The van der Waals surface area contributed by atoms with Crippen LogP contribution >= 0.6 is 0 Å². The van der Waals surface area contributed by atoms with Gasteiger partial charge in [0.25, 0.3) is 0 Å². The van der Waals surface area contributed by atoms with Crippen LogP contribution in [0.3, 0.4) is 0 Å².